The summed E-state index contributed by atoms with van der Waals surface area (Å²) in [6, 6.07) is 25.0. The van der Waals surface area contributed by atoms with E-state index in [2.05, 4.69) is 53.8 Å². The van der Waals surface area contributed by atoms with E-state index in [1.807, 2.05) is 24.3 Å². The van der Waals surface area contributed by atoms with Crippen LogP contribution in [-0.2, 0) is 19.4 Å². The van der Waals surface area contributed by atoms with Gasteiger partial charge in [0.25, 0.3) is 0 Å². The first-order chi connectivity index (χ1) is 13.4. The molecule has 0 unspecified atom stereocenters. The van der Waals surface area contributed by atoms with E-state index >= 15 is 0 Å². The molecule has 3 nitrogen and oxygen atoms in total. The Kier molecular flexibility index (Phi) is 5.58. The number of anilines is 1. The number of hydrogen-bond acceptors (Lipinski definition) is 3. The van der Waals surface area contributed by atoms with E-state index < -0.39 is 0 Å². The molecule has 3 aromatic rings. The molecule has 0 saturated heterocycles. The highest BCUT2D eigenvalue weighted by Crippen LogP contribution is 2.34. The first-order valence-electron chi connectivity index (χ1n) is 9.63. The summed E-state index contributed by atoms with van der Waals surface area (Å²) in [6.07, 6.45) is 2.96. The lowest BCUT2D eigenvalue weighted by Crippen LogP contribution is -2.04. The average Bonchev–Trinajstić information content (AvgIpc) is 3.18. The molecule has 0 aromatic heterocycles. The second kappa shape index (κ2) is 8.63. The minimum absolute atomic E-state index is 0.593. The summed E-state index contributed by atoms with van der Waals surface area (Å²) in [4.78, 5) is 0. The zero-order chi connectivity index (χ0) is 18.3. The van der Waals surface area contributed by atoms with E-state index in [0.717, 1.165) is 49.6 Å². The number of hydrogen-bond donors (Lipinski definition) is 1. The van der Waals surface area contributed by atoms with Crippen molar-refractivity contribution in [3.8, 4) is 11.5 Å². The zero-order valence-electron chi connectivity index (χ0n) is 15.5. The van der Waals surface area contributed by atoms with Gasteiger partial charge in [-0.15, -0.1) is 0 Å². The number of nitrogens with one attached hydrogen (secondary N) is 1. The van der Waals surface area contributed by atoms with Gasteiger partial charge in [0.15, 0.2) is 0 Å². The van der Waals surface area contributed by atoms with Crippen LogP contribution in [0.25, 0.3) is 0 Å². The molecule has 0 fully saturated rings. The topological polar surface area (TPSA) is 30.5 Å². The van der Waals surface area contributed by atoms with E-state index in [1.54, 1.807) is 0 Å². The summed E-state index contributed by atoms with van der Waals surface area (Å²) in [6.45, 7) is 2.29. The first kappa shape index (κ1) is 17.5. The standard InChI is InChI=1S/C24H25NO2/c1-3-8-19(9-4-1)18-27-24-17-21-13-15-26-23(21)16-20(24)10-7-14-25-22-11-5-2-6-12-22/h1-6,8-9,11-12,16-17,25H,7,10,13-15,18H2. The van der Waals surface area contributed by atoms with Gasteiger partial charge in [-0.2, -0.15) is 0 Å². The molecule has 4 rings (SSSR count). The number of fused-ring (bicyclic) bond motifs is 1. The van der Waals surface area contributed by atoms with Gasteiger partial charge < -0.3 is 14.8 Å². The molecule has 0 radical (unpaired) electrons. The fourth-order valence-corrected chi connectivity index (χ4v) is 3.38. The number of benzene rings is 3. The molecule has 1 heterocycles. The molecule has 3 heteroatoms. The van der Waals surface area contributed by atoms with Crippen molar-refractivity contribution >= 4 is 5.69 Å². The van der Waals surface area contributed by atoms with Gasteiger partial charge in [-0.3, -0.25) is 0 Å². The summed E-state index contributed by atoms with van der Waals surface area (Å²) in [7, 11) is 0. The van der Waals surface area contributed by atoms with Crippen LogP contribution in [0.4, 0.5) is 5.69 Å². The molecule has 1 N–H and O–H groups in total. The first-order valence-corrected chi connectivity index (χ1v) is 9.63. The van der Waals surface area contributed by atoms with Gasteiger partial charge in [-0.05, 0) is 48.2 Å². The third-order valence-corrected chi connectivity index (χ3v) is 4.84. The monoisotopic (exact) mass is 359 g/mol. The van der Waals surface area contributed by atoms with Crippen molar-refractivity contribution in [1.29, 1.82) is 0 Å². The Morgan fingerprint density at radius 2 is 1.70 bits per heavy atom. The van der Waals surface area contributed by atoms with Gasteiger partial charge >= 0.3 is 0 Å². The Labute approximate surface area is 161 Å². The Bertz CT molecular complexity index is 862. The summed E-state index contributed by atoms with van der Waals surface area (Å²) >= 11 is 0. The largest absolute Gasteiger partial charge is 0.493 e. The third-order valence-electron chi connectivity index (χ3n) is 4.84. The van der Waals surface area contributed by atoms with Crippen molar-refractivity contribution in [3.63, 3.8) is 0 Å². The fraction of sp³-hybridized carbons (Fsp3) is 0.250. The van der Waals surface area contributed by atoms with Gasteiger partial charge in [0.1, 0.15) is 18.1 Å². The second-order valence-corrected chi connectivity index (χ2v) is 6.84. The SMILES string of the molecule is c1ccc(COc2cc3c(cc2CCCNc2ccccc2)OCC3)cc1. The van der Waals surface area contributed by atoms with Crippen molar-refractivity contribution in [1.82, 2.24) is 0 Å². The van der Waals surface area contributed by atoms with E-state index in [4.69, 9.17) is 9.47 Å². The van der Waals surface area contributed by atoms with Crippen molar-refractivity contribution in [3.05, 3.63) is 89.5 Å². The lowest BCUT2D eigenvalue weighted by molar-refractivity contribution is 0.302. The van der Waals surface area contributed by atoms with Crippen LogP contribution < -0.4 is 14.8 Å². The number of aryl methyl sites for hydroxylation is 1. The van der Waals surface area contributed by atoms with Crippen LogP contribution in [0.3, 0.4) is 0 Å². The lowest BCUT2D eigenvalue weighted by atomic mass is 10.0. The molecule has 27 heavy (non-hydrogen) atoms. The van der Waals surface area contributed by atoms with Crippen molar-refractivity contribution < 1.29 is 9.47 Å². The Morgan fingerprint density at radius 3 is 2.52 bits per heavy atom. The maximum Gasteiger partial charge on any atom is 0.123 e. The molecule has 0 bridgehead atoms. The predicted octanol–water partition coefficient (Wildman–Crippen LogP) is 5.25. The van der Waals surface area contributed by atoms with Crippen LogP contribution in [0.1, 0.15) is 23.1 Å². The molecule has 0 spiro atoms. The molecule has 0 amide bonds. The Hall–Kier alpha value is -2.94. The molecule has 138 valence electrons. The van der Waals surface area contributed by atoms with Gasteiger partial charge in [0.2, 0.25) is 0 Å². The summed E-state index contributed by atoms with van der Waals surface area (Å²) in [5.41, 5.74) is 4.83. The number of para-hydroxylation sites is 1. The fourth-order valence-electron chi connectivity index (χ4n) is 3.38. The van der Waals surface area contributed by atoms with Crippen LogP contribution in [0.2, 0.25) is 0 Å². The molecule has 1 aliphatic heterocycles. The normalized spacial score (nSPS) is 12.3. The van der Waals surface area contributed by atoms with Crippen molar-refractivity contribution in [2.24, 2.45) is 0 Å². The van der Waals surface area contributed by atoms with Crippen molar-refractivity contribution in [2.75, 3.05) is 18.5 Å². The highest BCUT2D eigenvalue weighted by atomic mass is 16.5. The molecule has 0 aliphatic carbocycles. The summed E-state index contributed by atoms with van der Waals surface area (Å²) in [5, 5.41) is 3.47. The highest BCUT2D eigenvalue weighted by molar-refractivity contribution is 5.48. The van der Waals surface area contributed by atoms with Crippen LogP contribution >= 0.6 is 0 Å². The quantitative estimate of drug-likeness (QED) is 0.558. The van der Waals surface area contributed by atoms with Gasteiger partial charge in [-0.25, -0.2) is 0 Å². The van der Waals surface area contributed by atoms with Crippen LogP contribution in [0.15, 0.2) is 72.8 Å². The van der Waals surface area contributed by atoms with Gasteiger partial charge in [-0.1, -0.05) is 48.5 Å². The second-order valence-electron chi connectivity index (χ2n) is 6.84. The Balaban J connectivity index is 1.40. The molecular formula is C24H25NO2. The third kappa shape index (κ3) is 4.62. The van der Waals surface area contributed by atoms with Crippen LogP contribution in [0, 0.1) is 0 Å². The van der Waals surface area contributed by atoms with Crippen molar-refractivity contribution in [2.45, 2.75) is 25.9 Å². The van der Waals surface area contributed by atoms with E-state index in [9.17, 15) is 0 Å². The zero-order valence-corrected chi connectivity index (χ0v) is 15.5. The smallest absolute Gasteiger partial charge is 0.123 e. The van der Waals surface area contributed by atoms with Gasteiger partial charge in [0, 0.05) is 24.2 Å². The minimum Gasteiger partial charge on any atom is -0.493 e. The number of ether oxygens (including phenoxy) is 2. The van der Waals surface area contributed by atoms with Crippen LogP contribution in [-0.4, -0.2) is 13.2 Å². The van der Waals surface area contributed by atoms with Gasteiger partial charge in [0.05, 0.1) is 6.61 Å². The maximum atomic E-state index is 6.19. The Morgan fingerprint density at radius 1 is 0.926 bits per heavy atom. The molecule has 0 atom stereocenters. The minimum atomic E-state index is 0.593. The van der Waals surface area contributed by atoms with Crippen LogP contribution in [0.5, 0.6) is 11.5 Å². The average molecular weight is 359 g/mol. The molecule has 0 saturated carbocycles. The summed E-state index contributed by atoms with van der Waals surface area (Å²) < 4.78 is 11.9. The van der Waals surface area contributed by atoms with E-state index in [0.29, 0.717) is 6.61 Å². The van der Waals surface area contributed by atoms with E-state index in [1.165, 1.54) is 16.7 Å². The predicted molar refractivity (Wildman–Crippen MR) is 110 cm³/mol. The number of rotatable bonds is 8. The van der Waals surface area contributed by atoms with E-state index in [-0.39, 0.29) is 0 Å². The lowest BCUT2D eigenvalue weighted by Gasteiger charge is -2.14. The molecule has 1 aliphatic rings. The maximum absolute atomic E-state index is 6.19. The summed E-state index contributed by atoms with van der Waals surface area (Å²) in [5.74, 6) is 2.01. The molecular weight excluding hydrogens is 334 g/mol. The molecule has 3 aromatic carbocycles. The highest BCUT2D eigenvalue weighted by Gasteiger charge is 2.16.